The highest BCUT2D eigenvalue weighted by Gasteiger charge is 2.20. The molecular formula is C24H23N3S. The molecule has 0 saturated carbocycles. The second kappa shape index (κ2) is 8.28. The summed E-state index contributed by atoms with van der Waals surface area (Å²) in [6.07, 6.45) is 3.74. The first-order chi connectivity index (χ1) is 13.7. The van der Waals surface area contributed by atoms with Gasteiger partial charge in [-0.05, 0) is 53.3 Å². The van der Waals surface area contributed by atoms with Crippen molar-refractivity contribution in [3.05, 3.63) is 102 Å². The molecule has 2 heterocycles. The number of nitrogens with two attached hydrogens (primary N) is 1. The van der Waals surface area contributed by atoms with Crippen LogP contribution in [0.4, 0.5) is 11.4 Å². The average molecular weight is 386 g/mol. The van der Waals surface area contributed by atoms with E-state index in [4.69, 9.17) is 5.73 Å². The van der Waals surface area contributed by atoms with E-state index in [1.54, 1.807) is 11.3 Å². The SMILES string of the molecule is CC(c1cccnc1)N(Cc1ccccc1)c1cc(-c2cccs2)ccc1N. The minimum Gasteiger partial charge on any atom is -0.397 e. The molecule has 28 heavy (non-hydrogen) atoms. The van der Waals surface area contributed by atoms with Crippen LogP contribution in [0, 0.1) is 0 Å². The minimum atomic E-state index is 0.134. The summed E-state index contributed by atoms with van der Waals surface area (Å²) in [6.45, 7) is 2.98. The van der Waals surface area contributed by atoms with E-state index in [-0.39, 0.29) is 6.04 Å². The molecule has 1 atom stereocenters. The maximum Gasteiger partial charge on any atom is 0.0614 e. The van der Waals surface area contributed by atoms with Crippen LogP contribution in [0.1, 0.15) is 24.1 Å². The molecule has 0 amide bonds. The van der Waals surface area contributed by atoms with E-state index in [1.807, 2.05) is 30.6 Å². The van der Waals surface area contributed by atoms with Crippen LogP contribution in [0.25, 0.3) is 10.4 Å². The predicted octanol–water partition coefficient (Wildman–Crippen LogP) is 6.16. The molecule has 0 aliphatic carbocycles. The van der Waals surface area contributed by atoms with Gasteiger partial charge in [-0.25, -0.2) is 0 Å². The number of pyridine rings is 1. The molecule has 4 rings (SSSR count). The third kappa shape index (κ3) is 3.92. The van der Waals surface area contributed by atoms with E-state index in [2.05, 4.69) is 76.8 Å². The Morgan fingerprint density at radius 1 is 1.00 bits per heavy atom. The molecule has 0 bridgehead atoms. The van der Waals surface area contributed by atoms with Gasteiger partial charge in [0, 0.05) is 23.8 Å². The van der Waals surface area contributed by atoms with Crippen LogP contribution >= 0.6 is 11.3 Å². The van der Waals surface area contributed by atoms with Gasteiger partial charge in [0.1, 0.15) is 0 Å². The van der Waals surface area contributed by atoms with E-state index in [1.165, 1.54) is 21.6 Å². The topological polar surface area (TPSA) is 42.2 Å². The fourth-order valence-electron chi connectivity index (χ4n) is 3.40. The van der Waals surface area contributed by atoms with Crippen molar-refractivity contribution in [1.29, 1.82) is 0 Å². The Labute approximate surface area is 170 Å². The van der Waals surface area contributed by atoms with Gasteiger partial charge in [-0.15, -0.1) is 11.3 Å². The lowest BCUT2D eigenvalue weighted by molar-refractivity contribution is 0.668. The summed E-state index contributed by atoms with van der Waals surface area (Å²) < 4.78 is 0. The summed E-state index contributed by atoms with van der Waals surface area (Å²) in [7, 11) is 0. The van der Waals surface area contributed by atoms with Gasteiger partial charge >= 0.3 is 0 Å². The molecule has 0 aliphatic heterocycles. The molecule has 0 aliphatic rings. The average Bonchev–Trinajstić information content (AvgIpc) is 3.28. The van der Waals surface area contributed by atoms with Gasteiger partial charge < -0.3 is 10.6 Å². The van der Waals surface area contributed by atoms with Crippen LogP contribution in [0.5, 0.6) is 0 Å². The summed E-state index contributed by atoms with van der Waals surface area (Å²) in [5.41, 5.74) is 11.9. The highest BCUT2D eigenvalue weighted by Crippen LogP contribution is 2.37. The maximum absolute atomic E-state index is 6.46. The summed E-state index contributed by atoms with van der Waals surface area (Å²) in [6, 6.07) is 25.3. The number of hydrogen-bond donors (Lipinski definition) is 1. The Morgan fingerprint density at radius 2 is 1.86 bits per heavy atom. The van der Waals surface area contributed by atoms with Crippen LogP contribution < -0.4 is 10.6 Å². The third-order valence-corrected chi connectivity index (χ3v) is 5.89. The molecule has 1 unspecified atom stereocenters. The van der Waals surface area contributed by atoms with Gasteiger partial charge in [0.25, 0.3) is 0 Å². The lowest BCUT2D eigenvalue weighted by atomic mass is 10.0. The first-order valence-electron chi connectivity index (χ1n) is 9.36. The Balaban J connectivity index is 1.77. The Kier molecular flexibility index (Phi) is 5.40. The van der Waals surface area contributed by atoms with Crippen molar-refractivity contribution >= 4 is 22.7 Å². The van der Waals surface area contributed by atoms with Crippen LogP contribution in [0.2, 0.25) is 0 Å². The zero-order valence-corrected chi connectivity index (χ0v) is 16.6. The number of aromatic nitrogens is 1. The zero-order valence-electron chi connectivity index (χ0n) is 15.8. The highest BCUT2D eigenvalue weighted by molar-refractivity contribution is 7.13. The van der Waals surface area contributed by atoms with Crippen molar-refractivity contribution in [2.45, 2.75) is 19.5 Å². The molecule has 4 heteroatoms. The van der Waals surface area contributed by atoms with Crippen LogP contribution in [0.3, 0.4) is 0 Å². The summed E-state index contributed by atoms with van der Waals surface area (Å²) >= 11 is 1.74. The molecule has 0 fully saturated rings. The highest BCUT2D eigenvalue weighted by atomic mass is 32.1. The molecule has 0 saturated heterocycles. The van der Waals surface area contributed by atoms with Gasteiger partial charge in [-0.1, -0.05) is 48.5 Å². The minimum absolute atomic E-state index is 0.134. The third-order valence-electron chi connectivity index (χ3n) is 4.98. The van der Waals surface area contributed by atoms with Crippen molar-refractivity contribution in [3.8, 4) is 10.4 Å². The Hall–Kier alpha value is -3.11. The van der Waals surface area contributed by atoms with Gasteiger partial charge in [0.2, 0.25) is 0 Å². The van der Waals surface area contributed by atoms with Crippen molar-refractivity contribution in [3.63, 3.8) is 0 Å². The smallest absolute Gasteiger partial charge is 0.0614 e. The molecule has 2 aromatic heterocycles. The van der Waals surface area contributed by atoms with E-state index >= 15 is 0 Å². The molecule has 140 valence electrons. The predicted molar refractivity (Wildman–Crippen MR) is 119 cm³/mol. The van der Waals surface area contributed by atoms with E-state index in [0.717, 1.165) is 17.9 Å². The van der Waals surface area contributed by atoms with Gasteiger partial charge in [-0.3, -0.25) is 4.98 Å². The van der Waals surface area contributed by atoms with Crippen molar-refractivity contribution in [2.75, 3.05) is 10.6 Å². The standard InChI is InChI=1S/C24H23N3S/c1-18(21-9-5-13-26-16-21)27(17-19-7-3-2-4-8-19)23-15-20(11-12-22(23)25)24-10-6-14-28-24/h2-16,18H,17,25H2,1H3. The Morgan fingerprint density at radius 3 is 2.57 bits per heavy atom. The largest absolute Gasteiger partial charge is 0.397 e. The number of benzene rings is 2. The van der Waals surface area contributed by atoms with E-state index < -0.39 is 0 Å². The van der Waals surface area contributed by atoms with Crippen molar-refractivity contribution in [2.24, 2.45) is 0 Å². The molecule has 0 radical (unpaired) electrons. The fourth-order valence-corrected chi connectivity index (χ4v) is 4.13. The molecule has 2 aromatic carbocycles. The van der Waals surface area contributed by atoms with Crippen LogP contribution in [0.15, 0.2) is 90.6 Å². The molecule has 4 aromatic rings. The zero-order chi connectivity index (χ0) is 19.3. The number of nitrogen functional groups attached to an aromatic ring is 1. The first kappa shape index (κ1) is 18.3. The van der Waals surface area contributed by atoms with E-state index in [9.17, 15) is 0 Å². The van der Waals surface area contributed by atoms with Crippen LogP contribution in [-0.4, -0.2) is 4.98 Å². The fraction of sp³-hybridized carbons (Fsp3) is 0.125. The molecular weight excluding hydrogens is 362 g/mol. The van der Waals surface area contributed by atoms with Gasteiger partial charge in [-0.2, -0.15) is 0 Å². The summed E-state index contributed by atoms with van der Waals surface area (Å²) in [5, 5.41) is 2.10. The second-order valence-electron chi connectivity index (χ2n) is 6.83. The number of anilines is 2. The van der Waals surface area contributed by atoms with Gasteiger partial charge in [0.15, 0.2) is 0 Å². The quantitative estimate of drug-likeness (QED) is 0.404. The monoisotopic (exact) mass is 385 g/mol. The number of hydrogen-bond acceptors (Lipinski definition) is 4. The molecule has 2 N–H and O–H groups in total. The maximum atomic E-state index is 6.46. The van der Waals surface area contributed by atoms with E-state index in [0.29, 0.717) is 0 Å². The Bertz CT molecular complexity index is 1010. The second-order valence-corrected chi connectivity index (χ2v) is 7.77. The summed E-state index contributed by atoms with van der Waals surface area (Å²) in [5.74, 6) is 0. The molecule has 0 spiro atoms. The number of rotatable bonds is 6. The van der Waals surface area contributed by atoms with Crippen LogP contribution in [-0.2, 0) is 6.54 Å². The lowest BCUT2D eigenvalue weighted by Crippen LogP contribution is -2.27. The number of nitrogens with zero attached hydrogens (tertiary/aromatic N) is 2. The molecule has 3 nitrogen and oxygen atoms in total. The lowest BCUT2D eigenvalue weighted by Gasteiger charge is -2.33. The number of thiophene rings is 1. The van der Waals surface area contributed by atoms with Crippen molar-refractivity contribution in [1.82, 2.24) is 4.98 Å². The summed E-state index contributed by atoms with van der Waals surface area (Å²) in [4.78, 5) is 7.92. The van der Waals surface area contributed by atoms with Gasteiger partial charge in [0.05, 0.1) is 17.4 Å². The first-order valence-corrected chi connectivity index (χ1v) is 10.2. The van der Waals surface area contributed by atoms with Crippen molar-refractivity contribution < 1.29 is 0 Å². The normalized spacial score (nSPS) is 11.9.